The molecule has 1 saturated carbocycles. The van der Waals surface area contributed by atoms with Crippen molar-refractivity contribution in [1.29, 1.82) is 0 Å². The van der Waals surface area contributed by atoms with Gasteiger partial charge < -0.3 is 9.80 Å². The number of piperidine rings is 1. The number of hydrogen-bond donors (Lipinski definition) is 0. The van der Waals surface area contributed by atoms with E-state index < -0.39 is 0 Å². The van der Waals surface area contributed by atoms with Crippen LogP contribution in [0, 0.1) is 11.7 Å². The summed E-state index contributed by atoms with van der Waals surface area (Å²) in [6, 6.07) is 8.55. The van der Waals surface area contributed by atoms with E-state index in [-0.39, 0.29) is 29.0 Å². The Balaban J connectivity index is 1.41. The number of likely N-dealkylation sites (tertiary alicyclic amines) is 1. The van der Waals surface area contributed by atoms with Crippen LogP contribution in [0.5, 0.6) is 0 Å². The highest BCUT2D eigenvalue weighted by atomic mass is 32.1. The molecule has 1 aliphatic carbocycles. The summed E-state index contributed by atoms with van der Waals surface area (Å²) < 4.78 is 14.0. The van der Waals surface area contributed by atoms with Crippen molar-refractivity contribution in [2.45, 2.75) is 31.1 Å². The summed E-state index contributed by atoms with van der Waals surface area (Å²) in [7, 11) is 0. The van der Waals surface area contributed by atoms with Crippen molar-refractivity contribution in [3.8, 4) is 0 Å². The van der Waals surface area contributed by atoms with E-state index in [2.05, 4.69) is 0 Å². The Bertz CT molecular complexity index is 899. The minimum atomic E-state index is -0.258. The number of fused-ring (bicyclic) bond motifs is 2. The van der Waals surface area contributed by atoms with Crippen molar-refractivity contribution in [2.75, 3.05) is 24.5 Å². The molecule has 3 aliphatic rings. The minimum absolute atomic E-state index is 0.0724. The number of amides is 2. The smallest absolute Gasteiger partial charge is 0.263 e. The van der Waals surface area contributed by atoms with Gasteiger partial charge >= 0.3 is 0 Å². The summed E-state index contributed by atoms with van der Waals surface area (Å²) in [5.41, 5.74) is 1.57. The van der Waals surface area contributed by atoms with Gasteiger partial charge in [0.25, 0.3) is 5.91 Å². The van der Waals surface area contributed by atoms with Crippen LogP contribution in [0.4, 0.5) is 10.1 Å². The first-order chi connectivity index (χ1) is 13.1. The third-order valence-electron chi connectivity index (χ3n) is 6.21. The molecular weight excluding hydrogens is 363 g/mol. The number of thiophene rings is 1. The van der Waals surface area contributed by atoms with Gasteiger partial charge in [0, 0.05) is 36.7 Å². The maximum atomic E-state index is 14.0. The number of hydrogen-bond acceptors (Lipinski definition) is 3. The number of halogens is 1. The first kappa shape index (κ1) is 16.9. The fraction of sp³-hybridized carbons (Fsp3) is 0.429. The summed E-state index contributed by atoms with van der Waals surface area (Å²) in [6.07, 6.45) is 3.44. The van der Waals surface area contributed by atoms with Crippen LogP contribution in [-0.4, -0.2) is 36.3 Å². The van der Waals surface area contributed by atoms with Gasteiger partial charge in [-0.25, -0.2) is 4.39 Å². The molecule has 0 bridgehead atoms. The fourth-order valence-electron chi connectivity index (χ4n) is 4.51. The van der Waals surface area contributed by atoms with Gasteiger partial charge in [0.2, 0.25) is 5.91 Å². The average Bonchev–Trinajstić information content (AvgIpc) is 3.30. The molecule has 6 heteroatoms. The summed E-state index contributed by atoms with van der Waals surface area (Å²) in [5.74, 6) is 0.129. The minimum Gasteiger partial charge on any atom is -0.338 e. The van der Waals surface area contributed by atoms with Crippen molar-refractivity contribution in [3.63, 3.8) is 0 Å². The Labute approximate surface area is 161 Å². The predicted octanol–water partition coefficient (Wildman–Crippen LogP) is 3.82. The van der Waals surface area contributed by atoms with Crippen molar-refractivity contribution >= 4 is 28.8 Å². The Morgan fingerprint density at radius 2 is 1.93 bits per heavy atom. The molecule has 2 amide bonds. The highest BCUT2D eigenvalue weighted by molar-refractivity contribution is 7.12. The fourth-order valence-corrected chi connectivity index (χ4v) is 5.20. The van der Waals surface area contributed by atoms with Gasteiger partial charge in [-0.2, -0.15) is 0 Å². The molecule has 1 spiro atoms. The summed E-state index contributed by atoms with van der Waals surface area (Å²) in [4.78, 5) is 30.0. The maximum Gasteiger partial charge on any atom is 0.263 e. The van der Waals surface area contributed by atoms with Gasteiger partial charge in [0.15, 0.2) is 0 Å². The predicted molar refractivity (Wildman–Crippen MR) is 103 cm³/mol. The van der Waals surface area contributed by atoms with E-state index in [1.807, 2.05) is 27.3 Å². The zero-order valence-corrected chi connectivity index (χ0v) is 15.8. The van der Waals surface area contributed by atoms with Crippen molar-refractivity contribution in [2.24, 2.45) is 5.92 Å². The van der Waals surface area contributed by atoms with Gasteiger partial charge in [-0.05, 0) is 60.9 Å². The highest BCUT2D eigenvalue weighted by Gasteiger charge is 2.49. The first-order valence-corrected chi connectivity index (χ1v) is 10.4. The Morgan fingerprint density at radius 1 is 1.15 bits per heavy atom. The topological polar surface area (TPSA) is 40.6 Å². The van der Waals surface area contributed by atoms with E-state index in [0.717, 1.165) is 41.8 Å². The van der Waals surface area contributed by atoms with Crippen LogP contribution in [0.3, 0.4) is 0 Å². The standard InChI is InChI=1S/C21H21FN2O2S/c22-15-5-6-17-16(12-15)21(13-24(17)19(25)14-3-4-14)7-9-23(10-8-21)20(26)18-2-1-11-27-18/h1-2,5-6,11-12,14H,3-4,7-10,13H2. The molecule has 1 saturated heterocycles. The van der Waals surface area contributed by atoms with Crippen molar-refractivity contribution in [3.05, 3.63) is 52.0 Å². The summed E-state index contributed by atoms with van der Waals surface area (Å²) in [5, 5.41) is 1.91. The van der Waals surface area contributed by atoms with E-state index >= 15 is 0 Å². The Hall–Kier alpha value is -2.21. The van der Waals surface area contributed by atoms with Crippen LogP contribution in [0.25, 0.3) is 0 Å². The molecule has 0 atom stereocenters. The second-order valence-corrected chi connectivity index (χ2v) is 8.86. The molecule has 2 aromatic rings. The Morgan fingerprint density at radius 3 is 2.59 bits per heavy atom. The average molecular weight is 384 g/mol. The van der Waals surface area contributed by atoms with Gasteiger partial charge in [0.05, 0.1) is 4.88 Å². The Kier molecular flexibility index (Phi) is 3.86. The number of rotatable bonds is 2. The lowest BCUT2D eigenvalue weighted by Gasteiger charge is -2.39. The molecule has 0 radical (unpaired) electrons. The molecule has 1 aromatic heterocycles. The monoisotopic (exact) mass is 384 g/mol. The van der Waals surface area contributed by atoms with Crippen molar-refractivity contribution < 1.29 is 14.0 Å². The molecule has 2 fully saturated rings. The third-order valence-corrected chi connectivity index (χ3v) is 7.07. The largest absolute Gasteiger partial charge is 0.338 e. The molecule has 2 aliphatic heterocycles. The zero-order valence-electron chi connectivity index (χ0n) is 15.0. The number of nitrogens with zero attached hydrogens (tertiary/aromatic N) is 2. The van der Waals surface area contributed by atoms with Gasteiger partial charge in [-0.15, -0.1) is 11.3 Å². The second kappa shape index (κ2) is 6.16. The lowest BCUT2D eigenvalue weighted by molar-refractivity contribution is -0.119. The van der Waals surface area contributed by atoms with E-state index in [4.69, 9.17) is 0 Å². The summed E-state index contributed by atoms with van der Waals surface area (Å²) >= 11 is 1.46. The molecule has 4 nitrogen and oxygen atoms in total. The zero-order chi connectivity index (χ0) is 18.6. The maximum absolute atomic E-state index is 14.0. The second-order valence-electron chi connectivity index (χ2n) is 7.91. The van der Waals surface area contributed by atoms with E-state index in [1.54, 1.807) is 12.1 Å². The quantitative estimate of drug-likeness (QED) is 0.790. The van der Waals surface area contributed by atoms with E-state index in [1.165, 1.54) is 17.4 Å². The summed E-state index contributed by atoms with van der Waals surface area (Å²) in [6.45, 7) is 1.89. The normalized spacial score (nSPS) is 20.8. The highest BCUT2D eigenvalue weighted by Crippen LogP contribution is 2.49. The molecule has 0 unspecified atom stereocenters. The molecule has 27 heavy (non-hydrogen) atoms. The molecule has 5 rings (SSSR count). The number of carbonyl (C=O) groups excluding carboxylic acids is 2. The third kappa shape index (κ3) is 2.78. The lowest BCUT2D eigenvalue weighted by Crippen LogP contribution is -2.47. The first-order valence-electron chi connectivity index (χ1n) is 9.52. The van der Waals surface area contributed by atoms with Gasteiger partial charge in [0.1, 0.15) is 5.82 Å². The number of anilines is 1. The van der Waals surface area contributed by atoms with Gasteiger partial charge in [-0.1, -0.05) is 6.07 Å². The van der Waals surface area contributed by atoms with Crippen LogP contribution < -0.4 is 4.90 Å². The lowest BCUT2D eigenvalue weighted by atomic mass is 9.74. The van der Waals surface area contributed by atoms with Crippen LogP contribution in [0.2, 0.25) is 0 Å². The van der Waals surface area contributed by atoms with E-state index in [9.17, 15) is 14.0 Å². The molecule has 0 N–H and O–H groups in total. The molecule has 3 heterocycles. The van der Waals surface area contributed by atoms with Crippen LogP contribution in [0.15, 0.2) is 35.7 Å². The van der Waals surface area contributed by atoms with Crippen LogP contribution >= 0.6 is 11.3 Å². The van der Waals surface area contributed by atoms with Gasteiger partial charge in [-0.3, -0.25) is 9.59 Å². The molecule has 1 aromatic carbocycles. The van der Waals surface area contributed by atoms with E-state index in [0.29, 0.717) is 19.6 Å². The molecule has 140 valence electrons. The SMILES string of the molecule is O=C(c1cccs1)N1CCC2(CC1)CN(C(=O)C1CC1)c1ccc(F)cc12. The van der Waals surface area contributed by atoms with Crippen LogP contribution in [0.1, 0.15) is 40.9 Å². The van der Waals surface area contributed by atoms with Crippen molar-refractivity contribution in [1.82, 2.24) is 4.90 Å². The number of carbonyl (C=O) groups is 2. The van der Waals surface area contributed by atoms with Crippen LogP contribution in [-0.2, 0) is 10.2 Å². The number of benzene rings is 1. The molecular formula is C21H21FN2O2S.